The molecule has 0 saturated heterocycles. The Bertz CT molecular complexity index is 777. The Balaban J connectivity index is 2.57. The number of hydrogen-bond acceptors (Lipinski definition) is 2. The van der Waals surface area contributed by atoms with Crippen molar-refractivity contribution in [2.75, 3.05) is 6.61 Å². The average Bonchev–Trinajstić information content (AvgIpc) is 2.64. The molecule has 2 rings (SSSR count). The SMILES string of the molecule is CC(C)COc1ccccc1C(O)CC1(F)C(F)(F)C(F)(F)C(F)(F)C(F)(F)C1(F)F. The van der Waals surface area contributed by atoms with Gasteiger partial charge in [0.1, 0.15) is 5.75 Å². The molecule has 1 fully saturated rings. The number of benzene rings is 1. The summed E-state index contributed by atoms with van der Waals surface area (Å²) in [6, 6.07) is 4.30. The molecule has 0 bridgehead atoms. The molecule has 1 aliphatic rings. The fourth-order valence-corrected chi connectivity index (χ4v) is 3.06. The summed E-state index contributed by atoms with van der Waals surface area (Å²) in [6.07, 6.45) is -5.57. The van der Waals surface area contributed by atoms with E-state index in [-0.39, 0.29) is 18.3 Å². The van der Waals surface area contributed by atoms with E-state index in [0.29, 0.717) is 0 Å². The van der Waals surface area contributed by atoms with E-state index in [1.165, 1.54) is 6.07 Å². The van der Waals surface area contributed by atoms with E-state index in [1.807, 2.05) is 0 Å². The van der Waals surface area contributed by atoms with Gasteiger partial charge in [-0.15, -0.1) is 0 Å². The fourth-order valence-electron chi connectivity index (χ4n) is 3.06. The van der Waals surface area contributed by atoms with Crippen LogP contribution in [0.5, 0.6) is 5.75 Å². The summed E-state index contributed by atoms with van der Waals surface area (Å²) in [6.45, 7) is 3.24. The number of halogens is 11. The van der Waals surface area contributed by atoms with Gasteiger partial charge in [0, 0.05) is 12.0 Å². The molecule has 0 heterocycles. The molecule has 1 unspecified atom stereocenters. The highest BCUT2D eigenvalue weighted by atomic mass is 19.4. The first kappa shape index (κ1) is 25.5. The molecule has 1 N–H and O–H groups in total. The van der Waals surface area contributed by atoms with Gasteiger partial charge >= 0.3 is 29.6 Å². The number of hydrogen-bond donors (Lipinski definition) is 1. The molecule has 0 radical (unpaired) electrons. The Hall–Kier alpha value is -1.79. The van der Waals surface area contributed by atoms with Crippen LogP contribution in [0.4, 0.5) is 48.3 Å². The van der Waals surface area contributed by atoms with Crippen LogP contribution in [0.15, 0.2) is 24.3 Å². The van der Waals surface area contributed by atoms with Gasteiger partial charge in [-0.05, 0) is 12.0 Å². The molecule has 2 nitrogen and oxygen atoms in total. The quantitative estimate of drug-likeness (QED) is 0.510. The van der Waals surface area contributed by atoms with Crippen molar-refractivity contribution in [3.63, 3.8) is 0 Å². The second kappa shape index (κ2) is 7.38. The zero-order valence-electron chi connectivity index (χ0n) is 15.9. The van der Waals surface area contributed by atoms with Gasteiger partial charge < -0.3 is 9.84 Å². The first-order valence-corrected chi connectivity index (χ1v) is 8.77. The van der Waals surface area contributed by atoms with Crippen LogP contribution in [0.2, 0.25) is 0 Å². The summed E-state index contributed by atoms with van der Waals surface area (Å²) in [5, 5.41) is 10.1. The lowest BCUT2D eigenvalue weighted by Crippen LogP contribution is -2.83. The number of aliphatic hydroxyl groups is 1. The largest absolute Gasteiger partial charge is 0.493 e. The van der Waals surface area contributed by atoms with Crippen molar-refractivity contribution in [2.45, 2.75) is 61.7 Å². The lowest BCUT2D eigenvalue weighted by Gasteiger charge is -2.52. The van der Waals surface area contributed by atoms with Gasteiger partial charge in [-0.2, -0.15) is 43.9 Å². The van der Waals surface area contributed by atoms with Crippen molar-refractivity contribution < 1.29 is 58.1 Å². The Kier molecular flexibility index (Phi) is 6.06. The summed E-state index contributed by atoms with van der Waals surface area (Å²) >= 11 is 0. The van der Waals surface area contributed by atoms with Crippen molar-refractivity contribution in [3.05, 3.63) is 29.8 Å². The average molecular weight is 474 g/mol. The number of para-hydroxylation sites is 1. The third kappa shape index (κ3) is 3.25. The number of aliphatic hydroxyl groups excluding tert-OH is 1. The monoisotopic (exact) mass is 474 g/mol. The number of rotatable bonds is 6. The predicted octanol–water partition coefficient (Wildman–Crippen LogP) is 6.04. The van der Waals surface area contributed by atoms with E-state index in [9.17, 15) is 53.4 Å². The second-order valence-electron chi connectivity index (χ2n) is 7.64. The Morgan fingerprint density at radius 1 is 0.742 bits per heavy atom. The molecule has 13 heteroatoms. The maximum absolute atomic E-state index is 14.9. The van der Waals surface area contributed by atoms with Crippen LogP contribution >= 0.6 is 0 Å². The van der Waals surface area contributed by atoms with E-state index < -0.39 is 53.4 Å². The first-order valence-electron chi connectivity index (χ1n) is 8.77. The molecule has 31 heavy (non-hydrogen) atoms. The van der Waals surface area contributed by atoms with Crippen LogP contribution in [-0.2, 0) is 0 Å². The summed E-state index contributed by atoms with van der Waals surface area (Å²) in [7, 11) is 0. The normalized spacial score (nSPS) is 25.8. The third-order valence-electron chi connectivity index (χ3n) is 4.90. The number of alkyl halides is 11. The lowest BCUT2D eigenvalue weighted by atomic mass is 9.69. The maximum atomic E-state index is 14.9. The minimum Gasteiger partial charge on any atom is -0.493 e. The number of ether oxygens (including phenoxy) is 1. The minimum atomic E-state index is -7.29. The zero-order valence-corrected chi connectivity index (χ0v) is 15.9. The molecule has 0 aliphatic heterocycles. The molecule has 1 aliphatic carbocycles. The van der Waals surface area contributed by atoms with Crippen LogP contribution in [0.3, 0.4) is 0 Å². The van der Waals surface area contributed by atoms with Crippen molar-refractivity contribution in [1.29, 1.82) is 0 Å². The van der Waals surface area contributed by atoms with Crippen molar-refractivity contribution in [2.24, 2.45) is 5.92 Å². The highest BCUT2D eigenvalue weighted by Gasteiger charge is 3.00. The Labute approximate surface area is 169 Å². The maximum Gasteiger partial charge on any atom is 0.384 e. The third-order valence-corrected chi connectivity index (χ3v) is 4.90. The van der Waals surface area contributed by atoms with Gasteiger partial charge in [0.05, 0.1) is 12.7 Å². The molecular weight excluding hydrogens is 457 g/mol. The van der Waals surface area contributed by atoms with E-state index in [0.717, 1.165) is 18.2 Å². The Morgan fingerprint density at radius 2 is 1.16 bits per heavy atom. The van der Waals surface area contributed by atoms with Gasteiger partial charge in [0.15, 0.2) is 0 Å². The van der Waals surface area contributed by atoms with Gasteiger partial charge in [-0.25, -0.2) is 4.39 Å². The summed E-state index contributed by atoms with van der Waals surface area (Å²) < 4.78 is 157. The zero-order chi connectivity index (χ0) is 24.3. The summed E-state index contributed by atoms with van der Waals surface area (Å²) in [4.78, 5) is 0. The smallest absolute Gasteiger partial charge is 0.384 e. The fraction of sp³-hybridized carbons (Fsp3) is 0.667. The predicted molar refractivity (Wildman–Crippen MR) is 84.9 cm³/mol. The van der Waals surface area contributed by atoms with Crippen LogP contribution in [-0.4, -0.2) is 47.0 Å². The topological polar surface area (TPSA) is 29.5 Å². The van der Waals surface area contributed by atoms with Crippen molar-refractivity contribution in [1.82, 2.24) is 0 Å². The molecule has 178 valence electrons. The van der Waals surface area contributed by atoms with Crippen LogP contribution in [0, 0.1) is 5.92 Å². The van der Waals surface area contributed by atoms with E-state index in [4.69, 9.17) is 4.74 Å². The van der Waals surface area contributed by atoms with E-state index >= 15 is 0 Å². The molecule has 1 aromatic carbocycles. The van der Waals surface area contributed by atoms with Gasteiger partial charge in [0.2, 0.25) is 0 Å². The van der Waals surface area contributed by atoms with Crippen molar-refractivity contribution in [3.8, 4) is 5.75 Å². The molecule has 0 amide bonds. The molecule has 0 aromatic heterocycles. The van der Waals surface area contributed by atoms with Gasteiger partial charge in [0.25, 0.3) is 5.67 Å². The lowest BCUT2D eigenvalue weighted by molar-refractivity contribution is -0.487. The summed E-state index contributed by atoms with van der Waals surface area (Å²) in [5.41, 5.74) is -6.92. The molecule has 1 saturated carbocycles. The molecule has 0 spiro atoms. The second-order valence-corrected chi connectivity index (χ2v) is 7.64. The molecule has 1 aromatic rings. The summed E-state index contributed by atoms with van der Waals surface area (Å²) in [5.74, 6) is -36.2. The van der Waals surface area contributed by atoms with Crippen LogP contribution in [0.1, 0.15) is 31.9 Å². The minimum absolute atomic E-state index is 0.0703. The van der Waals surface area contributed by atoms with E-state index in [2.05, 4.69) is 0 Å². The van der Waals surface area contributed by atoms with Crippen molar-refractivity contribution >= 4 is 0 Å². The first-order chi connectivity index (χ1) is 13.8. The highest BCUT2D eigenvalue weighted by Crippen LogP contribution is 2.70. The molecular formula is C18H17F11O2. The highest BCUT2D eigenvalue weighted by molar-refractivity contribution is 5.36. The van der Waals surface area contributed by atoms with E-state index in [1.54, 1.807) is 13.8 Å². The van der Waals surface area contributed by atoms with Gasteiger partial charge in [-0.3, -0.25) is 0 Å². The van der Waals surface area contributed by atoms with Crippen LogP contribution < -0.4 is 4.74 Å². The van der Waals surface area contributed by atoms with Crippen LogP contribution in [0.25, 0.3) is 0 Å². The molecule has 1 atom stereocenters. The van der Waals surface area contributed by atoms with Gasteiger partial charge in [-0.1, -0.05) is 32.0 Å². The standard InChI is InChI=1S/C18H17F11O2/c1-9(2)8-31-12-6-4-3-5-10(12)11(30)7-13(19)14(20,21)16(24,25)18(28,29)17(26,27)15(13,22)23/h3-6,9,11,30H,7-8H2,1-2H3. The Morgan fingerprint density at radius 3 is 1.61 bits per heavy atom.